The molecular formula is C26H35FN2O2. The number of hydrogen-bond donors (Lipinski definition) is 1. The van der Waals surface area contributed by atoms with Crippen LogP contribution in [0.1, 0.15) is 89.2 Å². The Balaban J connectivity index is 1.15. The third-order valence-corrected chi connectivity index (χ3v) is 8.66. The molecule has 0 unspecified atom stereocenters. The molecule has 2 aliphatic heterocycles. The van der Waals surface area contributed by atoms with Gasteiger partial charge in [-0.1, -0.05) is 32.9 Å². The average Bonchev–Trinajstić information content (AvgIpc) is 3.06. The van der Waals surface area contributed by atoms with E-state index in [2.05, 4.69) is 32.2 Å². The number of halogens is 1. The monoisotopic (exact) mass is 426 g/mol. The van der Waals surface area contributed by atoms with Crippen molar-refractivity contribution in [3.63, 3.8) is 0 Å². The maximum Gasteiger partial charge on any atom is 0.225 e. The smallest absolute Gasteiger partial charge is 0.225 e. The van der Waals surface area contributed by atoms with Crippen molar-refractivity contribution in [3.8, 4) is 0 Å². The molecule has 168 valence electrons. The molecule has 1 aromatic carbocycles. The quantitative estimate of drug-likeness (QED) is 0.747. The van der Waals surface area contributed by atoms with Crippen LogP contribution >= 0.6 is 0 Å². The minimum atomic E-state index is -0.0821. The Labute approximate surface area is 185 Å². The number of nitrogens with one attached hydrogen (secondary N) is 1. The van der Waals surface area contributed by atoms with Crippen LogP contribution in [0.3, 0.4) is 0 Å². The molecule has 4 nitrogen and oxygen atoms in total. The number of piperidine rings is 1. The Morgan fingerprint density at radius 2 is 1.77 bits per heavy atom. The van der Waals surface area contributed by atoms with Crippen molar-refractivity contribution < 1.29 is 14.0 Å². The maximum absolute atomic E-state index is 14.6. The van der Waals surface area contributed by atoms with E-state index in [-0.39, 0.29) is 39.9 Å². The Hall–Kier alpha value is -1.91. The third-order valence-electron chi connectivity index (χ3n) is 8.66. The van der Waals surface area contributed by atoms with Gasteiger partial charge in [-0.3, -0.25) is 9.59 Å². The molecule has 1 aromatic rings. The summed E-state index contributed by atoms with van der Waals surface area (Å²) in [4.78, 5) is 26.5. The summed E-state index contributed by atoms with van der Waals surface area (Å²) in [6.45, 7) is 8.16. The Morgan fingerprint density at radius 1 is 1.10 bits per heavy atom. The largest absolute Gasteiger partial charge is 0.351 e. The zero-order chi connectivity index (χ0) is 22.0. The zero-order valence-electron chi connectivity index (χ0n) is 19.1. The minimum absolute atomic E-state index is 0.0248. The van der Waals surface area contributed by atoms with Gasteiger partial charge in [-0.15, -0.1) is 0 Å². The number of rotatable bonds is 2. The first kappa shape index (κ1) is 21.0. The second-order valence-corrected chi connectivity index (χ2v) is 11.9. The summed E-state index contributed by atoms with van der Waals surface area (Å²) >= 11 is 0. The Bertz CT molecular complexity index is 896. The van der Waals surface area contributed by atoms with Crippen molar-refractivity contribution in [2.24, 2.45) is 11.3 Å². The van der Waals surface area contributed by atoms with Crippen molar-refractivity contribution in [2.45, 2.75) is 89.0 Å². The molecule has 0 aromatic heterocycles. The number of nitrogens with zero attached hydrogens (tertiary/aromatic N) is 1. The van der Waals surface area contributed by atoms with Gasteiger partial charge in [0, 0.05) is 31.0 Å². The first-order chi connectivity index (χ1) is 14.6. The first-order valence-corrected chi connectivity index (χ1v) is 12.0. The molecule has 4 fully saturated rings. The average molecular weight is 427 g/mol. The van der Waals surface area contributed by atoms with Crippen LogP contribution in [-0.2, 0) is 15.0 Å². The Morgan fingerprint density at radius 3 is 2.35 bits per heavy atom. The number of carbonyl (C=O) groups excluding carboxylic acids is 2. The number of likely N-dealkylation sites (tertiary alicyclic amines) is 1. The summed E-state index contributed by atoms with van der Waals surface area (Å²) in [6.07, 6.45) is 7.25. The predicted octanol–water partition coefficient (Wildman–Crippen LogP) is 4.67. The fraction of sp³-hybridized carbons (Fsp3) is 0.692. The van der Waals surface area contributed by atoms with Crippen LogP contribution in [0.2, 0.25) is 0 Å². The molecule has 31 heavy (non-hydrogen) atoms. The van der Waals surface area contributed by atoms with E-state index >= 15 is 0 Å². The standard InChI is InChI=1S/C26H35FN2O2/c1-24(2,3)19-4-5-21(27)20(12-19)17-13-25(14-17)8-10-29(11-9-25)23(31)18-15-26(16-18)7-6-22(30)28-26/h4-5,12,17-18H,6-11,13-16H2,1-3H3,(H,28,30). The maximum atomic E-state index is 14.6. The third kappa shape index (κ3) is 3.68. The summed E-state index contributed by atoms with van der Waals surface area (Å²) in [5.41, 5.74) is 2.31. The van der Waals surface area contributed by atoms with E-state index in [9.17, 15) is 14.0 Å². The molecule has 5 rings (SSSR count). The van der Waals surface area contributed by atoms with E-state index in [0.717, 1.165) is 63.6 Å². The molecular weight excluding hydrogens is 391 g/mol. The molecule has 0 radical (unpaired) electrons. The lowest BCUT2D eigenvalue weighted by molar-refractivity contribution is -0.145. The molecule has 2 saturated heterocycles. The van der Waals surface area contributed by atoms with Crippen LogP contribution in [0.5, 0.6) is 0 Å². The van der Waals surface area contributed by atoms with Gasteiger partial charge in [0.15, 0.2) is 0 Å². The summed E-state index contributed by atoms with van der Waals surface area (Å²) in [5, 5.41) is 3.08. The van der Waals surface area contributed by atoms with E-state index < -0.39 is 0 Å². The van der Waals surface area contributed by atoms with Gasteiger partial charge in [0.2, 0.25) is 11.8 Å². The molecule has 2 aliphatic carbocycles. The van der Waals surface area contributed by atoms with E-state index in [0.29, 0.717) is 12.3 Å². The van der Waals surface area contributed by atoms with E-state index in [1.807, 2.05) is 11.0 Å². The van der Waals surface area contributed by atoms with Gasteiger partial charge in [0.05, 0.1) is 0 Å². The highest BCUT2D eigenvalue weighted by Gasteiger charge is 2.53. The van der Waals surface area contributed by atoms with Crippen molar-refractivity contribution in [3.05, 3.63) is 35.1 Å². The molecule has 0 atom stereocenters. The number of carbonyl (C=O) groups is 2. The lowest BCUT2D eigenvalue weighted by Crippen LogP contribution is -2.58. The topological polar surface area (TPSA) is 49.4 Å². The highest BCUT2D eigenvalue weighted by Crippen LogP contribution is 2.57. The molecule has 0 bridgehead atoms. The fourth-order valence-electron chi connectivity index (χ4n) is 6.53. The van der Waals surface area contributed by atoms with Crippen molar-refractivity contribution in [1.29, 1.82) is 0 Å². The summed E-state index contributed by atoms with van der Waals surface area (Å²) in [5.74, 6) is 0.729. The number of amides is 2. The molecule has 1 N–H and O–H groups in total. The van der Waals surface area contributed by atoms with Gasteiger partial charge in [-0.05, 0) is 78.9 Å². The minimum Gasteiger partial charge on any atom is -0.351 e. The highest BCUT2D eigenvalue weighted by atomic mass is 19.1. The highest BCUT2D eigenvalue weighted by molar-refractivity contribution is 5.83. The normalized spacial score (nSPS) is 27.2. The lowest BCUT2D eigenvalue weighted by atomic mass is 9.55. The zero-order valence-corrected chi connectivity index (χ0v) is 19.1. The second kappa shape index (κ2) is 7.05. The van der Waals surface area contributed by atoms with Crippen LogP contribution < -0.4 is 5.32 Å². The molecule has 2 spiro atoms. The van der Waals surface area contributed by atoms with Crippen LogP contribution in [0, 0.1) is 17.2 Å². The van der Waals surface area contributed by atoms with E-state index in [1.54, 1.807) is 6.07 Å². The molecule has 2 amide bonds. The van der Waals surface area contributed by atoms with Gasteiger partial charge in [0.1, 0.15) is 5.82 Å². The number of hydrogen-bond acceptors (Lipinski definition) is 2. The summed E-state index contributed by atoms with van der Waals surface area (Å²) < 4.78 is 14.6. The fourth-order valence-corrected chi connectivity index (χ4v) is 6.53. The van der Waals surface area contributed by atoms with Gasteiger partial charge < -0.3 is 10.2 Å². The summed E-state index contributed by atoms with van der Waals surface area (Å²) in [7, 11) is 0. The number of benzene rings is 1. The summed E-state index contributed by atoms with van der Waals surface area (Å²) in [6, 6.07) is 5.64. The van der Waals surface area contributed by atoms with Gasteiger partial charge >= 0.3 is 0 Å². The van der Waals surface area contributed by atoms with Gasteiger partial charge in [-0.2, -0.15) is 0 Å². The Kier molecular flexibility index (Phi) is 4.76. The van der Waals surface area contributed by atoms with E-state index in [1.165, 1.54) is 5.56 Å². The van der Waals surface area contributed by atoms with Gasteiger partial charge in [0.25, 0.3) is 0 Å². The SMILES string of the molecule is CC(C)(C)c1ccc(F)c(C2CC3(CCN(C(=O)C4CC5(CCC(=O)N5)C4)CC3)C2)c1. The first-order valence-electron chi connectivity index (χ1n) is 12.0. The predicted molar refractivity (Wildman–Crippen MR) is 118 cm³/mol. The van der Waals surface area contributed by atoms with Crippen LogP contribution in [0.4, 0.5) is 4.39 Å². The van der Waals surface area contributed by atoms with Crippen LogP contribution in [0.15, 0.2) is 18.2 Å². The molecule has 4 aliphatic rings. The van der Waals surface area contributed by atoms with Crippen molar-refractivity contribution in [1.82, 2.24) is 10.2 Å². The van der Waals surface area contributed by atoms with Crippen LogP contribution in [0.25, 0.3) is 0 Å². The second-order valence-electron chi connectivity index (χ2n) is 11.9. The van der Waals surface area contributed by atoms with Crippen LogP contribution in [-0.4, -0.2) is 35.3 Å². The molecule has 2 saturated carbocycles. The molecule has 5 heteroatoms. The van der Waals surface area contributed by atoms with Gasteiger partial charge in [-0.25, -0.2) is 4.39 Å². The molecule has 2 heterocycles. The lowest BCUT2D eigenvalue weighted by Gasteiger charge is -2.54. The van der Waals surface area contributed by atoms with Crippen molar-refractivity contribution >= 4 is 11.8 Å². The van der Waals surface area contributed by atoms with Crippen molar-refractivity contribution in [2.75, 3.05) is 13.1 Å². The van der Waals surface area contributed by atoms with E-state index in [4.69, 9.17) is 0 Å².